The second kappa shape index (κ2) is 3.50. The van der Waals surface area contributed by atoms with Gasteiger partial charge in [-0.15, -0.1) is 0 Å². The molecule has 1 saturated heterocycles. The number of likely N-dealkylation sites (tertiary alicyclic amines) is 1. The van der Waals surface area contributed by atoms with Crippen LogP contribution in [0.25, 0.3) is 0 Å². The van der Waals surface area contributed by atoms with Gasteiger partial charge in [0.1, 0.15) is 0 Å². The van der Waals surface area contributed by atoms with E-state index in [1.807, 2.05) is 12.1 Å². The third-order valence-corrected chi connectivity index (χ3v) is 4.10. The molecule has 0 unspecified atom stereocenters. The van der Waals surface area contributed by atoms with Crippen LogP contribution < -0.4 is 0 Å². The quantitative estimate of drug-likeness (QED) is 0.741. The minimum Gasteiger partial charge on any atom is -0.298 e. The van der Waals surface area contributed by atoms with Gasteiger partial charge >= 0.3 is 0 Å². The summed E-state index contributed by atoms with van der Waals surface area (Å²) in [5.74, 6) is 0. The summed E-state index contributed by atoms with van der Waals surface area (Å²) in [7, 11) is 0. The Morgan fingerprint density at radius 3 is 2.33 bits per heavy atom. The molecule has 1 aliphatic heterocycles. The van der Waals surface area contributed by atoms with Crippen LogP contribution >= 0.6 is 11.6 Å². The van der Waals surface area contributed by atoms with Crippen LogP contribution in [0, 0.1) is 5.41 Å². The van der Waals surface area contributed by atoms with E-state index in [-0.39, 0.29) is 0 Å². The van der Waals surface area contributed by atoms with E-state index in [2.05, 4.69) is 17.0 Å². The van der Waals surface area contributed by atoms with Crippen molar-refractivity contribution in [3.05, 3.63) is 34.9 Å². The lowest BCUT2D eigenvalue weighted by Crippen LogP contribution is -2.58. The fourth-order valence-electron chi connectivity index (χ4n) is 2.86. The zero-order valence-corrected chi connectivity index (χ0v) is 9.63. The molecule has 0 atom stereocenters. The molecule has 1 heterocycles. The van der Waals surface area contributed by atoms with Gasteiger partial charge in [-0.25, -0.2) is 0 Å². The average molecular weight is 222 g/mol. The number of rotatable bonds is 2. The molecular formula is C13H16ClN. The van der Waals surface area contributed by atoms with Gasteiger partial charge in [0.15, 0.2) is 0 Å². The molecule has 0 N–H and O–H groups in total. The highest BCUT2D eigenvalue weighted by Crippen LogP contribution is 2.48. The van der Waals surface area contributed by atoms with Crippen LogP contribution in [0.15, 0.2) is 24.3 Å². The monoisotopic (exact) mass is 221 g/mol. The van der Waals surface area contributed by atoms with Crippen LogP contribution in [-0.2, 0) is 6.54 Å². The van der Waals surface area contributed by atoms with Gasteiger partial charge in [0.25, 0.3) is 0 Å². The molecule has 0 amide bonds. The van der Waals surface area contributed by atoms with Crippen LogP contribution in [0.5, 0.6) is 0 Å². The zero-order valence-electron chi connectivity index (χ0n) is 8.88. The highest BCUT2D eigenvalue weighted by atomic mass is 35.5. The number of nitrogens with zero attached hydrogens (tertiary/aromatic N) is 1. The lowest BCUT2D eigenvalue weighted by molar-refractivity contribution is -0.0645. The minimum absolute atomic E-state index is 0.742. The molecule has 1 aromatic carbocycles. The van der Waals surface area contributed by atoms with Crippen molar-refractivity contribution in [2.45, 2.75) is 25.8 Å². The Balaban J connectivity index is 1.56. The lowest BCUT2D eigenvalue weighted by Gasteiger charge is -2.56. The van der Waals surface area contributed by atoms with E-state index in [4.69, 9.17) is 11.6 Å². The van der Waals surface area contributed by atoms with Crippen LogP contribution in [0.4, 0.5) is 0 Å². The second-order valence-corrected chi connectivity index (χ2v) is 5.56. The normalized spacial score (nSPS) is 23.5. The van der Waals surface area contributed by atoms with Crippen molar-refractivity contribution < 1.29 is 0 Å². The number of benzene rings is 1. The smallest absolute Gasteiger partial charge is 0.0406 e. The summed E-state index contributed by atoms with van der Waals surface area (Å²) < 4.78 is 0. The first kappa shape index (κ1) is 9.68. The van der Waals surface area contributed by atoms with E-state index in [1.54, 1.807) is 0 Å². The third kappa shape index (κ3) is 1.79. The third-order valence-electron chi connectivity index (χ3n) is 3.85. The van der Waals surface area contributed by atoms with E-state index in [9.17, 15) is 0 Å². The summed E-state index contributed by atoms with van der Waals surface area (Å²) in [6, 6.07) is 8.23. The zero-order chi connectivity index (χ0) is 10.3. The Morgan fingerprint density at radius 2 is 1.80 bits per heavy atom. The van der Waals surface area contributed by atoms with E-state index < -0.39 is 0 Å². The van der Waals surface area contributed by atoms with E-state index in [0.29, 0.717) is 0 Å². The molecule has 0 bridgehead atoms. The van der Waals surface area contributed by atoms with Crippen molar-refractivity contribution in [1.82, 2.24) is 4.90 Å². The van der Waals surface area contributed by atoms with Crippen molar-refractivity contribution in [2.24, 2.45) is 5.41 Å². The van der Waals surface area contributed by atoms with Gasteiger partial charge in [-0.3, -0.25) is 4.90 Å². The van der Waals surface area contributed by atoms with Gasteiger partial charge in [0.2, 0.25) is 0 Å². The van der Waals surface area contributed by atoms with Crippen molar-refractivity contribution in [3.8, 4) is 0 Å². The van der Waals surface area contributed by atoms with Crippen molar-refractivity contribution in [3.63, 3.8) is 0 Å². The molecule has 1 spiro atoms. The number of hydrogen-bond donors (Lipinski definition) is 0. The van der Waals surface area contributed by atoms with E-state index >= 15 is 0 Å². The van der Waals surface area contributed by atoms with E-state index in [1.165, 1.54) is 37.9 Å². The van der Waals surface area contributed by atoms with Crippen LogP contribution in [-0.4, -0.2) is 18.0 Å². The maximum Gasteiger partial charge on any atom is 0.0406 e. The molecule has 1 saturated carbocycles. The van der Waals surface area contributed by atoms with Gasteiger partial charge < -0.3 is 0 Å². The fourth-order valence-corrected chi connectivity index (χ4v) is 2.98. The van der Waals surface area contributed by atoms with Crippen LogP contribution in [0.1, 0.15) is 24.8 Å². The minimum atomic E-state index is 0.742. The fraction of sp³-hybridized carbons (Fsp3) is 0.538. The molecule has 2 fully saturated rings. The number of halogens is 1. The first-order valence-electron chi connectivity index (χ1n) is 5.73. The summed E-state index contributed by atoms with van der Waals surface area (Å²) in [6.45, 7) is 3.73. The molecule has 15 heavy (non-hydrogen) atoms. The topological polar surface area (TPSA) is 3.24 Å². The lowest BCUT2D eigenvalue weighted by atomic mass is 9.63. The summed E-state index contributed by atoms with van der Waals surface area (Å²) in [5.41, 5.74) is 2.13. The molecule has 1 aliphatic carbocycles. The Morgan fingerprint density at radius 1 is 1.13 bits per heavy atom. The second-order valence-electron chi connectivity index (χ2n) is 5.13. The molecule has 3 rings (SSSR count). The Bertz CT molecular complexity index is 345. The van der Waals surface area contributed by atoms with Gasteiger partial charge in [-0.2, -0.15) is 0 Å². The van der Waals surface area contributed by atoms with Gasteiger partial charge in [0.05, 0.1) is 0 Å². The summed E-state index contributed by atoms with van der Waals surface area (Å²) in [5, 5.41) is 0.831. The standard InChI is InChI=1S/C13H16ClN/c14-12-4-2-11(3-5-12)8-15-9-13(10-15)6-1-7-13/h2-5H,1,6-10H2. The highest BCUT2D eigenvalue weighted by Gasteiger charge is 2.46. The summed E-state index contributed by atoms with van der Waals surface area (Å²) in [6.07, 6.45) is 4.38. The highest BCUT2D eigenvalue weighted by molar-refractivity contribution is 6.30. The summed E-state index contributed by atoms with van der Waals surface area (Å²) >= 11 is 5.86. The molecular weight excluding hydrogens is 206 g/mol. The largest absolute Gasteiger partial charge is 0.298 e. The summed E-state index contributed by atoms with van der Waals surface area (Å²) in [4.78, 5) is 2.54. The molecule has 0 radical (unpaired) electrons. The first-order valence-corrected chi connectivity index (χ1v) is 6.10. The number of hydrogen-bond acceptors (Lipinski definition) is 1. The molecule has 1 nitrogen and oxygen atoms in total. The molecule has 2 aliphatic rings. The predicted molar refractivity (Wildman–Crippen MR) is 63.0 cm³/mol. The Kier molecular flexibility index (Phi) is 2.26. The maximum absolute atomic E-state index is 5.86. The molecule has 80 valence electrons. The SMILES string of the molecule is Clc1ccc(CN2CC3(CCC3)C2)cc1. The van der Waals surface area contributed by atoms with Gasteiger partial charge in [0, 0.05) is 24.7 Å². The van der Waals surface area contributed by atoms with Crippen molar-refractivity contribution in [1.29, 1.82) is 0 Å². The molecule has 1 aromatic rings. The maximum atomic E-state index is 5.86. The van der Waals surface area contributed by atoms with E-state index in [0.717, 1.165) is 17.0 Å². The van der Waals surface area contributed by atoms with Crippen molar-refractivity contribution in [2.75, 3.05) is 13.1 Å². The molecule has 2 heteroatoms. The Hall–Kier alpha value is -0.530. The van der Waals surface area contributed by atoms with Crippen LogP contribution in [0.2, 0.25) is 5.02 Å². The first-order chi connectivity index (χ1) is 7.26. The van der Waals surface area contributed by atoms with Gasteiger partial charge in [-0.1, -0.05) is 30.2 Å². The van der Waals surface area contributed by atoms with Crippen molar-refractivity contribution >= 4 is 11.6 Å². The van der Waals surface area contributed by atoms with Crippen LogP contribution in [0.3, 0.4) is 0 Å². The Labute approximate surface area is 96.0 Å². The average Bonchev–Trinajstić information content (AvgIpc) is 2.10. The predicted octanol–water partition coefficient (Wildman–Crippen LogP) is 3.33. The molecule has 0 aromatic heterocycles. The van der Waals surface area contributed by atoms with Gasteiger partial charge in [-0.05, 0) is 36.0 Å².